The highest BCUT2D eigenvalue weighted by atomic mass is 35.5. The largest absolute Gasteiger partial charge is 0.497 e. The van der Waals surface area contributed by atoms with E-state index < -0.39 is 17.6 Å². The summed E-state index contributed by atoms with van der Waals surface area (Å²) in [7, 11) is 1.51. The summed E-state index contributed by atoms with van der Waals surface area (Å²) in [6, 6.07) is 9.16. The third kappa shape index (κ3) is 5.25. The number of nitrogens with one attached hydrogen (secondary N) is 3. The third-order valence-electron chi connectivity index (χ3n) is 4.08. The van der Waals surface area contributed by atoms with Crippen LogP contribution in [0.3, 0.4) is 0 Å². The number of amides is 1. The number of nitrogens with zero attached hydrogens (tertiary/aromatic N) is 2. The van der Waals surface area contributed by atoms with E-state index in [-0.39, 0.29) is 28.0 Å². The first-order chi connectivity index (χ1) is 14.7. The molecule has 0 aliphatic heterocycles. The molecule has 3 aromatic rings. The van der Waals surface area contributed by atoms with Crippen LogP contribution in [0.2, 0.25) is 5.02 Å². The molecule has 12 heteroatoms. The second-order valence-corrected chi connectivity index (χ2v) is 6.52. The number of benzene rings is 2. The Bertz CT molecular complexity index is 1090. The fourth-order valence-electron chi connectivity index (χ4n) is 2.45. The molecule has 0 aliphatic rings. The molecule has 0 unspecified atom stereocenters. The number of alkyl halides is 3. The first-order valence-corrected chi connectivity index (χ1v) is 9.01. The van der Waals surface area contributed by atoms with Gasteiger partial charge in [0.25, 0.3) is 5.91 Å². The Hall–Kier alpha value is -3.73. The van der Waals surface area contributed by atoms with E-state index in [1.807, 2.05) is 0 Å². The van der Waals surface area contributed by atoms with Gasteiger partial charge in [-0.1, -0.05) is 11.6 Å². The van der Waals surface area contributed by atoms with Gasteiger partial charge in [-0.05, 0) is 42.5 Å². The Morgan fingerprint density at radius 3 is 2.42 bits per heavy atom. The predicted octanol–water partition coefficient (Wildman–Crippen LogP) is 4.24. The summed E-state index contributed by atoms with van der Waals surface area (Å²) in [5.74, 6) is 0.143. The molecule has 2 aromatic carbocycles. The zero-order chi connectivity index (χ0) is 22.6. The summed E-state index contributed by atoms with van der Waals surface area (Å²) in [6.45, 7) is 0. The van der Waals surface area contributed by atoms with Crippen LogP contribution in [-0.4, -0.2) is 23.0 Å². The third-order valence-corrected chi connectivity index (χ3v) is 4.41. The van der Waals surface area contributed by atoms with Crippen LogP contribution in [0.5, 0.6) is 5.75 Å². The Kier molecular flexibility index (Phi) is 6.35. The monoisotopic (exact) mass is 452 g/mol. The summed E-state index contributed by atoms with van der Waals surface area (Å²) in [6.07, 6.45) is -3.43. The van der Waals surface area contributed by atoms with Crippen LogP contribution in [0, 0.1) is 0 Å². The lowest BCUT2D eigenvalue weighted by Gasteiger charge is -2.15. The van der Waals surface area contributed by atoms with E-state index in [4.69, 9.17) is 22.1 Å². The molecule has 0 saturated heterocycles. The fourth-order valence-corrected chi connectivity index (χ4v) is 2.62. The second kappa shape index (κ2) is 8.96. The molecule has 0 saturated carbocycles. The van der Waals surface area contributed by atoms with Gasteiger partial charge >= 0.3 is 6.18 Å². The molecule has 8 nitrogen and oxygen atoms in total. The van der Waals surface area contributed by atoms with E-state index >= 15 is 0 Å². The topological polar surface area (TPSA) is 114 Å². The van der Waals surface area contributed by atoms with Gasteiger partial charge in [0.1, 0.15) is 17.8 Å². The Morgan fingerprint density at radius 1 is 1.10 bits per heavy atom. The number of halogens is 4. The minimum Gasteiger partial charge on any atom is -0.497 e. The van der Waals surface area contributed by atoms with Gasteiger partial charge in [-0.15, -0.1) is 0 Å². The van der Waals surface area contributed by atoms with Crippen molar-refractivity contribution in [2.45, 2.75) is 6.18 Å². The Balaban J connectivity index is 1.75. The van der Waals surface area contributed by atoms with Gasteiger partial charge in [0.2, 0.25) is 0 Å². The number of methoxy groups -OCH3 is 1. The number of nitrogens with two attached hydrogens (primary N) is 1. The normalized spacial score (nSPS) is 11.0. The van der Waals surface area contributed by atoms with E-state index in [9.17, 15) is 18.0 Å². The molecular formula is C19H16ClF3N6O2. The van der Waals surface area contributed by atoms with Gasteiger partial charge in [-0.25, -0.2) is 9.97 Å². The molecule has 5 N–H and O–H groups in total. The standard InChI is InChI=1S/C19H16ClF3N6O2/c1-31-12-5-2-10(3-6-12)18(30)29-28-17-15(24)16(25-9-26-17)27-14-8-11(19(21,22)23)4-7-13(14)20/h2-9H,24H2,1H3,(H,29,30)(H2,25,26,27,28). The number of hydrogen-bond donors (Lipinski definition) is 4. The molecule has 1 amide bonds. The molecule has 1 aromatic heterocycles. The summed E-state index contributed by atoms with van der Waals surface area (Å²) in [5, 5.41) is 2.69. The van der Waals surface area contributed by atoms with E-state index in [1.165, 1.54) is 7.11 Å². The molecule has 0 radical (unpaired) electrons. The van der Waals surface area contributed by atoms with Crippen LogP contribution in [0.4, 0.5) is 36.2 Å². The van der Waals surface area contributed by atoms with Gasteiger partial charge < -0.3 is 15.8 Å². The molecule has 0 atom stereocenters. The average Bonchev–Trinajstić information content (AvgIpc) is 2.74. The van der Waals surface area contributed by atoms with Crippen molar-refractivity contribution in [3.05, 3.63) is 64.9 Å². The van der Waals surface area contributed by atoms with Crippen molar-refractivity contribution in [2.75, 3.05) is 23.6 Å². The number of hydrogen-bond acceptors (Lipinski definition) is 7. The Labute approximate surface area is 179 Å². The lowest BCUT2D eigenvalue weighted by Crippen LogP contribution is -2.30. The van der Waals surface area contributed by atoms with Crippen molar-refractivity contribution < 1.29 is 22.7 Å². The van der Waals surface area contributed by atoms with Crippen molar-refractivity contribution in [1.29, 1.82) is 0 Å². The van der Waals surface area contributed by atoms with Gasteiger partial charge in [0.15, 0.2) is 11.6 Å². The van der Waals surface area contributed by atoms with Crippen molar-refractivity contribution >= 4 is 40.5 Å². The first kappa shape index (κ1) is 22.0. The van der Waals surface area contributed by atoms with Crippen LogP contribution >= 0.6 is 11.6 Å². The highest BCUT2D eigenvalue weighted by Crippen LogP contribution is 2.36. The molecule has 31 heavy (non-hydrogen) atoms. The fraction of sp³-hybridized carbons (Fsp3) is 0.105. The smallest absolute Gasteiger partial charge is 0.416 e. The van der Waals surface area contributed by atoms with E-state index in [0.29, 0.717) is 11.3 Å². The number of carbonyl (C=O) groups excluding carboxylic acids is 1. The van der Waals surface area contributed by atoms with Gasteiger partial charge in [-0.3, -0.25) is 15.6 Å². The lowest BCUT2D eigenvalue weighted by atomic mass is 10.2. The van der Waals surface area contributed by atoms with Crippen LogP contribution in [0.25, 0.3) is 0 Å². The molecule has 0 bridgehead atoms. The van der Waals surface area contributed by atoms with E-state index in [2.05, 4.69) is 26.1 Å². The first-order valence-electron chi connectivity index (χ1n) is 8.63. The minimum atomic E-state index is -4.54. The number of nitrogen functional groups attached to an aromatic ring is 1. The van der Waals surface area contributed by atoms with Gasteiger partial charge in [-0.2, -0.15) is 13.2 Å². The molecule has 0 fully saturated rings. The quantitative estimate of drug-likeness (QED) is 0.413. The summed E-state index contributed by atoms with van der Waals surface area (Å²) in [4.78, 5) is 20.1. The summed E-state index contributed by atoms with van der Waals surface area (Å²) >= 11 is 5.98. The van der Waals surface area contributed by atoms with Gasteiger partial charge in [0.05, 0.1) is 23.4 Å². The molecule has 3 rings (SSSR count). The highest BCUT2D eigenvalue weighted by Gasteiger charge is 2.31. The van der Waals surface area contributed by atoms with E-state index in [0.717, 1.165) is 24.5 Å². The van der Waals surface area contributed by atoms with Crippen LogP contribution in [0.15, 0.2) is 48.8 Å². The molecule has 162 valence electrons. The summed E-state index contributed by atoms with van der Waals surface area (Å²) in [5.41, 5.74) is 10.3. The molecule has 0 spiro atoms. The predicted molar refractivity (Wildman–Crippen MR) is 110 cm³/mol. The van der Waals surface area contributed by atoms with Crippen molar-refractivity contribution in [1.82, 2.24) is 15.4 Å². The van der Waals surface area contributed by atoms with E-state index in [1.54, 1.807) is 24.3 Å². The maximum Gasteiger partial charge on any atom is 0.416 e. The van der Waals surface area contributed by atoms with Crippen molar-refractivity contribution in [2.24, 2.45) is 0 Å². The number of anilines is 4. The maximum absolute atomic E-state index is 13.0. The number of rotatable bonds is 6. The minimum absolute atomic E-state index is 0.00239. The number of hydrazine groups is 1. The second-order valence-electron chi connectivity index (χ2n) is 6.11. The number of carbonyl (C=O) groups is 1. The maximum atomic E-state index is 13.0. The summed E-state index contributed by atoms with van der Waals surface area (Å²) < 4.78 is 43.9. The number of aromatic nitrogens is 2. The number of ether oxygens (including phenoxy) is 1. The van der Waals surface area contributed by atoms with Crippen LogP contribution in [-0.2, 0) is 6.18 Å². The van der Waals surface area contributed by atoms with Crippen molar-refractivity contribution in [3.8, 4) is 5.75 Å². The zero-order valence-electron chi connectivity index (χ0n) is 15.9. The zero-order valence-corrected chi connectivity index (χ0v) is 16.7. The van der Waals surface area contributed by atoms with Gasteiger partial charge in [0, 0.05) is 5.56 Å². The Morgan fingerprint density at radius 2 is 1.77 bits per heavy atom. The molecular weight excluding hydrogens is 437 g/mol. The lowest BCUT2D eigenvalue weighted by molar-refractivity contribution is -0.137. The molecule has 1 heterocycles. The highest BCUT2D eigenvalue weighted by molar-refractivity contribution is 6.33. The average molecular weight is 453 g/mol. The SMILES string of the molecule is COc1ccc(C(=O)NNc2ncnc(Nc3cc(C(F)(F)F)ccc3Cl)c2N)cc1. The molecule has 0 aliphatic carbocycles. The van der Waals surface area contributed by atoms with Crippen LogP contribution < -0.4 is 26.6 Å². The van der Waals surface area contributed by atoms with Crippen LogP contribution in [0.1, 0.15) is 15.9 Å². The van der Waals surface area contributed by atoms with Crippen molar-refractivity contribution in [3.63, 3.8) is 0 Å².